The van der Waals surface area contributed by atoms with Gasteiger partial charge in [0.2, 0.25) is 0 Å². The van der Waals surface area contributed by atoms with Crippen LogP contribution in [-0.2, 0) is 0 Å². The molecule has 0 saturated carbocycles. The largest absolute Gasteiger partial charge is 0.496 e. The Bertz CT molecular complexity index is 678. The third-order valence-electron chi connectivity index (χ3n) is 3.66. The van der Waals surface area contributed by atoms with Crippen LogP contribution in [0.1, 0.15) is 42.6 Å². The van der Waals surface area contributed by atoms with E-state index in [1.807, 2.05) is 24.3 Å². The molecular weight excluding hydrogens is 268 g/mol. The smallest absolute Gasteiger partial charge is 0.321 e. The molecule has 3 rings (SSSR count). The molecule has 1 unspecified atom stereocenters. The molecule has 1 aliphatic rings. The maximum atomic E-state index is 11.9. The van der Waals surface area contributed by atoms with Crippen molar-refractivity contribution in [2.75, 3.05) is 12.4 Å². The van der Waals surface area contributed by atoms with Crippen molar-refractivity contribution < 1.29 is 9.53 Å². The van der Waals surface area contributed by atoms with Gasteiger partial charge in [-0.25, -0.2) is 4.79 Å². The van der Waals surface area contributed by atoms with Crippen LogP contribution in [0.25, 0.3) is 0 Å². The predicted octanol–water partition coefficient (Wildman–Crippen LogP) is 2.77. The van der Waals surface area contributed by atoms with Gasteiger partial charge in [0.25, 0.3) is 0 Å². The molecule has 1 aromatic carbocycles. The number of amides is 2. The molecule has 110 valence electrons. The number of aromatic nitrogens is 2. The number of hydrogen-bond donors (Lipinski definition) is 3. The van der Waals surface area contributed by atoms with Gasteiger partial charge in [0.15, 0.2) is 5.82 Å². The van der Waals surface area contributed by atoms with Crippen molar-refractivity contribution >= 4 is 11.8 Å². The van der Waals surface area contributed by atoms with Gasteiger partial charge in [-0.15, -0.1) is 0 Å². The zero-order valence-electron chi connectivity index (χ0n) is 12.2. The summed E-state index contributed by atoms with van der Waals surface area (Å²) in [7, 11) is 1.63. The van der Waals surface area contributed by atoms with Crippen LogP contribution in [0.4, 0.5) is 10.6 Å². The number of fused-ring (bicyclic) bond motifs is 1. The lowest BCUT2D eigenvalue weighted by atomic mass is 9.93. The average molecular weight is 286 g/mol. The number of nitrogens with one attached hydrogen (secondary N) is 3. The molecule has 0 radical (unpaired) electrons. The molecule has 6 heteroatoms. The van der Waals surface area contributed by atoms with Crippen LogP contribution >= 0.6 is 0 Å². The van der Waals surface area contributed by atoms with Gasteiger partial charge < -0.3 is 10.1 Å². The molecule has 21 heavy (non-hydrogen) atoms. The first-order valence-electron chi connectivity index (χ1n) is 6.90. The van der Waals surface area contributed by atoms with Crippen LogP contribution in [0.15, 0.2) is 24.3 Å². The van der Waals surface area contributed by atoms with Gasteiger partial charge in [0.05, 0.1) is 13.2 Å². The Morgan fingerprint density at radius 3 is 2.76 bits per heavy atom. The summed E-state index contributed by atoms with van der Waals surface area (Å²) in [5.41, 5.74) is 2.89. The average Bonchev–Trinajstić information content (AvgIpc) is 2.90. The second-order valence-corrected chi connectivity index (χ2v) is 5.33. The van der Waals surface area contributed by atoms with Crippen molar-refractivity contribution in [2.45, 2.75) is 25.8 Å². The second kappa shape index (κ2) is 5.12. The summed E-state index contributed by atoms with van der Waals surface area (Å²) >= 11 is 0. The van der Waals surface area contributed by atoms with Crippen molar-refractivity contribution in [3.63, 3.8) is 0 Å². The number of H-pyrrole nitrogens is 1. The normalized spacial score (nSPS) is 17.1. The number of aromatic amines is 1. The standard InChI is InChI=1S/C15H18N4O2/c1-8(2)12-11-13(9-6-4-5-7-10(9)21-3)16-15(20)17-14(11)19-18-12/h4-8,13H,1-3H3,(H3,16,17,18,19,20). The van der Waals surface area contributed by atoms with Crippen LogP contribution in [0.3, 0.4) is 0 Å². The molecule has 0 bridgehead atoms. The third kappa shape index (κ3) is 2.22. The SMILES string of the molecule is COc1ccccc1C1NC(=O)Nc2n[nH]c(C(C)C)c21. The predicted molar refractivity (Wildman–Crippen MR) is 79.7 cm³/mol. The maximum Gasteiger partial charge on any atom is 0.321 e. The Hall–Kier alpha value is -2.50. The number of rotatable bonds is 3. The number of nitrogens with zero attached hydrogens (tertiary/aromatic N) is 1. The fraction of sp³-hybridized carbons (Fsp3) is 0.333. The Kier molecular flexibility index (Phi) is 3.29. The number of para-hydroxylation sites is 1. The minimum Gasteiger partial charge on any atom is -0.496 e. The number of benzene rings is 1. The van der Waals surface area contributed by atoms with E-state index in [4.69, 9.17) is 4.74 Å². The number of anilines is 1. The van der Waals surface area contributed by atoms with Crippen LogP contribution in [-0.4, -0.2) is 23.3 Å². The highest BCUT2D eigenvalue weighted by molar-refractivity contribution is 5.92. The van der Waals surface area contributed by atoms with E-state index in [0.717, 1.165) is 22.6 Å². The second-order valence-electron chi connectivity index (χ2n) is 5.33. The molecule has 6 nitrogen and oxygen atoms in total. The molecule has 2 amide bonds. The topological polar surface area (TPSA) is 79.0 Å². The maximum absolute atomic E-state index is 11.9. The minimum atomic E-state index is -0.277. The van der Waals surface area contributed by atoms with E-state index in [9.17, 15) is 4.79 Å². The number of ether oxygens (including phenoxy) is 1. The molecule has 2 heterocycles. The molecule has 0 aliphatic carbocycles. The first-order chi connectivity index (χ1) is 10.1. The van der Waals surface area contributed by atoms with Crippen molar-refractivity contribution in [3.05, 3.63) is 41.1 Å². The van der Waals surface area contributed by atoms with Crippen LogP contribution in [0.5, 0.6) is 5.75 Å². The Morgan fingerprint density at radius 1 is 1.29 bits per heavy atom. The fourth-order valence-corrected chi connectivity index (χ4v) is 2.68. The lowest BCUT2D eigenvalue weighted by Gasteiger charge is -2.27. The van der Waals surface area contributed by atoms with E-state index >= 15 is 0 Å². The van der Waals surface area contributed by atoms with E-state index < -0.39 is 0 Å². The summed E-state index contributed by atoms with van der Waals surface area (Å²) in [6.45, 7) is 4.17. The van der Waals surface area contributed by atoms with E-state index in [1.54, 1.807) is 7.11 Å². The summed E-state index contributed by atoms with van der Waals surface area (Å²) in [4.78, 5) is 11.9. The monoisotopic (exact) mass is 286 g/mol. The first kappa shape index (κ1) is 13.5. The molecule has 1 aliphatic heterocycles. The summed E-state index contributed by atoms with van der Waals surface area (Å²) in [5, 5.41) is 12.9. The van der Waals surface area contributed by atoms with E-state index in [2.05, 4.69) is 34.7 Å². The Balaban J connectivity index is 2.16. The summed E-state index contributed by atoms with van der Waals surface area (Å²) in [6.07, 6.45) is 0. The van der Waals surface area contributed by atoms with Crippen LogP contribution in [0.2, 0.25) is 0 Å². The van der Waals surface area contributed by atoms with Crippen molar-refractivity contribution in [1.29, 1.82) is 0 Å². The molecule has 3 N–H and O–H groups in total. The van der Waals surface area contributed by atoms with Gasteiger partial charge in [-0.05, 0) is 12.0 Å². The van der Waals surface area contributed by atoms with Crippen molar-refractivity contribution in [1.82, 2.24) is 15.5 Å². The highest BCUT2D eigenvalue weighted by Crippen LogP contribution is 2.38. The zero-order valence-corrected chi connectivity index (χ0v) is 12.2. The minimum absolute atomic E-state index is 0.264. The molecule has 0 saturated heterocycles. The molecular formula is C15H18N4O2. The fourth-order valence-electron chi connectivity index (χ4n) is 2.68. The summed E-state index contributed by atoms with van der Waals surface area (Å²) in [5.74, 6) is 1.60. The number of carbonyl (C=O) groups excluding carboxylic acids is 1. The summed E-state index contributed by atoms with van der Waals surface area (Å²) in [6, 6.07) is 7.14. The van der Waals surface area contributed by atoms with E-state index in [-0.39, 0.29) is 18.0 Å². The molecule has 0 fully saturated rings. The van der Waals surface area contributed by atoms with Gasteiger partial charge in [-0.3, -0.25) is 10.4 Å². The number of urea groups is 1. The Morgan fingerprint density at radius 2 is 2.05 bits per heavy atom. The van der Waals surface area contributed by atoms with Gasteiger partial charge in [-0.1, -0.05) is 32.0 Å². The first-order valence-corrected chi connectivity index (χ1v) is 6.90. The van der Waals surface area contributed by atoms with Crippen molar-refractivity contribution in [2.24, 2.45) is 0 Å². The molecule has 1 atom stereocenters. The molecule has 2 aromatic rings. The van der Waals surface area contributed by atoms with Crippen LogP contribution < -0.4 is 15.4 Å². The van der Waals surface area contributed by atoms with E-state index in [1.165, 1.54) is 0 Å². The van der Waals surface area contributed by atoms with Crippen molar-refractivity contribution in [3.8, 4) is 5.75 Å². The zero-order chi connectivity index (χ0) is 15.0. The molecule has 0 spiro atoms. The number of hydrogen-bond acceptors (Lipinski definition) is 3. The van der Waals surface area contributed by atoms with Crippen LogP contribution in [0, 0.1) is 0 Å². The highest BCUT2D eigenvalue weighted by Gasteiger charge is 2.33. The number of methoxy groups -OCH3 is 1. The Labute approximate surface area is 122 Å². The lowest BCUT2D eigenvalue weighted by Crippen LogP contribution is -2.38. The number of carbonyl (C=O) groups is 1. The van der Waals surface area contributed by atoms with Gasteiger partial charge in [0, 0.05) is 16.8 Å². The highest BCUT2D eigenvalue weighted by atomic mass is 16.5. The van der Waals surface area contributed by atoms with Gasteiger partial charge in [-0.2, -0.15) is 5.10 Å². The van der Waals surface area contributed by atoms with E-state index in [0.29, 0.717) is 5.82 Å². The lowest BCUT2D eigenvalue weighted by molar-refractivity contribution is 0.248. The third-order valence-corrected chi connectivity index (χ3v) is 3.66. The van der Waals surface area contributed by atoms with Gasteiger partial charge in [0.1, 0.15) is 5.75 Å². The quantitative estimate of drug-likeness (QED) is 0.811. The van der Waals surface area contributed by atoms with Gasteiger partial charge >= 0.3 is 6.03 Å². The molecule has 1 aromatic heterocycles. The summed E-state index contributed by atoms with van der Waals surface area (Å²) < 4.78 is 5.42.